The topological polar surface area (TPSA) is 78.0 Å². The molecule has 1 saturated heterocycles. The number of rotatable bonds is 5. The van der Waals surface area contributed by atoms with E-state index < -0.39 is 0 Å². The van der Waals surface area contributed by atoms with E-state index in [2.05, 4.69) is 29.0 Å². The number of benzene rings is 1. The van der Waals surface area contributed by atoms with Gasteiger partial charge in [0.2, 0.25) is 5.95 Å². The van der Waals surface area contributed by atoms with Crippen LogP contribution in [0.4, 0.5) is 10.3 Å². The number of nitrogens with one attached hydrogen (secondary N) is 1. The van der Waals surface area contributed by atoms with Crippen molar-refractivity contribution in [2.24, 2.45) is 0 Å². The highest BCUT2D eigenvalue weighted by Crippen LogP contribution is 2.34. The van der Waals surface area contributed by atoms with Gasteiger partial charge in [-0.1, -0.05) is 26.0 Å². The van der Waals surface area contributed by atoms with Crippen molar-refractivity contribution in [1.82, 2.24) is 25.1 Å². The Bertz CT molecular complexity index is 1080. The van der Waals surface area contributed by atoms with Crippen LogP contribution in [0.3, 0.4) is 0 Å². The molecule has 1 N–H and O–H groups in total. The predicted octanol–water partition coefficient (Wildman–Crippen LogP) is 3.82. The minimum absolute atomic E-state index is 0.0641. The number of carbonyl (C=O) groups is 1. The van der Waals surface area contributed by atoms with Gasteiger partial charge in [0, 0.05) is 50.6 Å². The molecule has 3 heterocycles. The van der Waals surface area contributed by atoms with Gasteiger partial charge in [-0.15, -0.1) is 0 Å². The standard InChI is InChI=1S/C23H27FN6O/c1-14(2)19-11-20(28-27-19)22(31)30-10-9-16(13-30)21-18(12-25-23(26-21)29(3)4)15-5-7-17(24)8-6-15/h5-8,11-12,14,16H,9-10,13H2,1-4H3,(H,27,28)/t16-/m1/s1. The molecule has 1 amide bonds. The molecule has 7 nitrogen and oxygen atoms in total. The quantitative estimate of drug-likeness (QED) is 0.676. The Balaban J connectivity index is 1.62. The van der Waals surface area contributed by atoms with Crippen LogP contribution in [0.2, 0.25) is 0 Å². The van der Waals surface area contributed by atoms with E-state index in [-0.39, 0.29) is 23.6 Å². The van der Waals surface area contributed by atoms with Crippen molar-refractivity contribution in [3.05, 3.63) is 59.4 Å². The van der Waals surface area contributed by atoms with E-state index in [1.54, 1.807) is 18.3 Å². The van der Waals surface area contributed by atoms with Crippen molar-refractivity contribution in [1.29, 1.82) is 0 Å². The molecular weight excluding hydrogens is 395 g/mol. The summed E-state index contributed by atoms with van der Waals surface area (Å²) in [6, 6.07) is 8.18. The van der Waals surface area contributed by atoms with Crippen LogP contribution in [-0.2, 0) is 0 Å². The Kier molecular flexibility index (Phi) is 5.71. The smallest absolute Gasteiger partial charge is 0.274 e. The van der Waals surface area contributed by atoms with Crippen LogP contribution in [0, 0.1) is 5.82 Å². The molecule has 0 unspecified atom stereocenters. The van der Waals surface area contributed by atoms with Gasteiger partial charge < -0.3 is 9.80 Å². The van der Waals surface area contributed by atoms with Crippen LogP contribution in [-0.4, -0.2) is 58.2 Å². The number of H-pyrrole nitrogens is 1. The summed E-state index contributed by atoms with van der Waals surface area (Å²) in [7, 11) is 3.79. The lowest BCUT2D eigenvalue weighted by Gasteiger charge is -2.19. The van der Waals surface area contributed by atoms with Gasteiger partial charge in [-0.05, 0) is 36.1 Å². The zero-order valence-electron chi connectivity index (χ0n) is 18.3. The lowest BCUT2D eigenvalue weighted by atomic mass is 9.96. The van der Waals surface area contributed by atoms with E-state index in [1.165, 1.54) is 12.1 Å². The van der Waals surface area contributed by atoms with Crippen molar-refractivity contribution in [3.8, 4) is 11.1 Å². The molecule has 0 bridgehead atoms. The Morgan fingerprint density at radius 2 is 2.00 bits per heavy atom. The van der Waals surface area contributed by atoms with Gasteiger partial charge in [0.1, 0.15) is 11.5 Å². The first-order chi connectivity index (χ1) is 14.8. The highest BCUT2D eigenvalue weighted by Gasteiger charge is 2.32. The van der Waals surface area contributed by atoms with Crippen LogP contribution in [0.1, 0.15) is 54.0 Å². The molecule has 31 heavy (non-hydrogen) atoms. The highest BCUT2D eigenvalue weighted by atomic mass is 19.1. The first-order valence-electron chi connectivity index (χ1n) is 10.5. The molecule has 8 heteroatoms. The molecule has 1 fully saturated rings. The third-order valence-electron chi connectivity index (χ3n) is 5.66. The average molecular weight is 423 g/mol. The van der Waals surface area contributed by atoms with Crippen LogP contribution >= 0.6 is 0 Å². The van der Waals surface area contributed by atoms with Gasteiger partial charge in [0.15, 0.2) is 0 Å². The molecule has 1 aliphatic heterocycles. The lowest BCUT2D eigenvalue weighted by molar-refractivity contribution is 0.0785. The number of likely N-dealkylation sites (tertiary alicyclic amines) is 1. The van der Waals surface area contributed by atoms with Crippen molar-refractivity contribution in [2.75, 3.05) is 32.1 Å². The van der Waals surface area contributed by atoms with E-state index >= 15 is 0 Å². The zero-order chi connectivity index (χ0) is 22.1. The highest BCUT2D eigenvalue weighted by molar-refractivity contribution is 5.92. The van der Waals surface area contributed by atoms with Crippen molar-refractivity contribution in [3.63, 3.8) is 0 Å². The van der Waals surface area contributed by atoms with Gasteiger partial charge in [-0.25, -0.2) is 14.4 Å². The van der Waals surface area contributed by atoms with Gasteiger partial charge in [0.25, 0.3) is 5.91 Å². The number of hydrogen-bond acceptors (Lipinski definition) is 5. The van der Waals surface area contributed by atoms with Crippen molar-refractivity contribution < 1.29 is 9.18 Å². The molecular formula is C23H27FN6O. The minimum atomic E-state index is -0.284. The molecule has 3 aromatic rings. The first-order valence-corrected chi connectivity index (χ1v) is 10.5. The van der Waals surface area contributed by atoms with Crippen LogP contribution in [0.15, 0.2) is 36.5 Å². The summed E-state index contributed by atoms with van der Waals surface area (Å²) in [4.78, 5) is 25.9. The summed E-state index contributed by atoms with van der Waals surface area (Å²) in [6.07, 6.45) is 2.59. The molecule has 1 aromatic carbocycles. The van der Waals surface area contributed by atoms with Crippen molar-refractivity contribution in [2.45, 2.75) is 32.1 Å². The van der Waals surface area contributed by atoms with E-state index in [9.17, 15) is 9.18 Å². The minimum Gasteiger partial charge on any atom is -0.347 e. The fourth-order valence-electron chi connectivity index (χ4n) is 3.84. The predicted molar refractivity (Wildman–Crippen MR) is 118 cm³/mol. The molecule has 2 aromatic heterocycles. The molecule has 0 spiro atoms. The molecule has 4 rings (SSSR count). The van der Waals surface area contributed by atoms with Crippen LogP contribution in [0.25, 0.3) is 11.1 Å². The van der Waals surface area contributed by atoms with Gasteiger partial charge in [-0.3, -0.25) is 9.89 Å². The normalized spacial score (nSPS) is 16.2. The third kappa shape index (κ3) is 4.28. The maximum Gasteiger partial charge on any atom is 0.274 e. The number of anilines is 1. The number of aromatic amines is 1. The fraction of sp³-hybridized carbons (Fsp3) is 0.391. The van der Waals surface area contributed by atoms with Gasteiger partial charge in [-0.2, -0.15) is 5.10 Å². The molecule has 0 aliphatic carbocycles. The number of amides is 1. The van der Waals surface area contributed by atoms with E-state index in [4.69, 9.17) is 4.98 Å². The third-order valence-corrected chi connectivity index (χ3v) is 5.66. The van der Waals surface area contributed by atoms with E-state index in [0.717, 1.165) is 28.9 Å². The van der Waals surface area contributed by atoms with Gasteiger partial charge >= 0.3 is 0 Å². The summed E-state index contributed by atoms with van der Waals surface area (Å²) in [5.74, 6) is 0.599. The number of nitrogens with zero attached hydrogens (tertiary/aromatic N) is 5. The molecule has 1 aliphatic rings. The molecule has 0 saturated carbocycles. The van der Waals surface area contributed by atoms with Crippen LogP contribution in [0.5, 0.6) is 0 Å². The Morgan fingerprint density at radius 1 is 1.26 bits per heavy atom. The summed E-state index contributed by atoms with van der Waals surface area (Å²) in [5.41, 5.74) is 4.00. The summed E-state index contributed by atoms with van der Waals surface area (Å²) in [6.45, 7) is 5.31. The maximum atomic E-state index is 13.4. The Hall–Kier alpha value is -3.29. The second-order valence-corrected chi connectivity index (χ2v) is 8.47. The number of carbonyl (C=O) groups excluding carboxylic acids is 1. The first kappa shape index (κ1) is 21.0. The van der Waals surface area contributed by atoms with E-state index in [0.29, 0.717) is 24.7 Å². The van der Waals surface area contributed by atoms with Gasteiger partial charge in [0.05, 0.1) is 5.69 Å². The largest absolute Gasteiger partial charge is 0.347 e. The fourth-order valence-corrected chi connectivity index (χ4v) is 3.84. The molecule has 162 valence electrons. The second-order valence-electron chi connectivity index (χ2n) is 8.47. The summed E-state index contributed by atoms with van der Waals surface area (Å²) >= 11 is 0. The van der Waals surface area contributed by atoms with Crippen LogP contribution < -0.4 is 4.90 Å². The average Bonchev–Trinajstić information content (AvgIpc) is 3.44. The molecule has 0 radical (unpaired) electrons. The van der Waals surface area contributed by atoms with Crippen molar-refractivity contribution >= 4 is 11.9 Å². The monoisotopic (exact) mass is 422 g/mol. The summed E-state index contributed by atoms with van der Waals surface area (Å²) < 4.78 is 13.4. The lowest BCUT2D eigenvalue weighted by Crippen LogP contribution is -2.29. The SMILES string of the molecule is CC(C)c1cc(C(=O)N2CC[C@@H](c3nc(N(C)C)ncc3-c3ccc(F)cc3)C2)n[nH]1. The Morgan fingerprint density at radius 3 is 2.65 bits per heavy atom. The number of aromatic nitrogens is 4. The maximum absolute atomic E-state index is 13.4. The number of halogens is 1. The molecule has 1 atom stereocenters. The second kappa shape index (κ2) is 8.45. The summed E-state index contributed by atoms with van der Waals surface area (Å²) in [5, 5.41) is 7.16. The zero-order valence-corrected chi connectivity index (χ0v) is 18.3. The van der Waals surface area contributed by atoms with E-state index in [1.807, 2.05) is 30.0 Å². The Labute approximate surface area is 181 Å². The number of hydrogen-bond donors (Lipinski definition) is 1.